The second-order valence-electron chi connectivity index (χ2n) is 5.98. The molecule has 0 bridgehead atoms. The Morgan fingerprint density at radius 1 is 1.23 bits per heavy atom. The molecule has 112 valence electrons. The maximum absolute atomic E-state index is 10.5. The number of aliphatic imine (C=N–C) groups is 1. The van der Waals surface area contributed by atoms with Crippen molar-refractivity contribution in [1.29, 1.82) is 0 Å². The molecule has 1 aromatic heterocycles. The lowest BCUT2D eigenvalue weighted by atomic mass is 10.00. The average Bonchev–Trinajstić information content (AvgIpc) is 3.06. The van der Waals surface area contributed by atoms with Crippen molar-refractivity contribution in [2.45, 2.75) is 19.3 Å². The van der Waals surface area contributed by atoms with E-state index in [2.05, 4.69) is 21.3 Å². The first kappa shape index (κ1) is 12.1. The van der Waals surface area contributed by atoms with E-state index in [1.807, 2.05) is 11.0 Å². The second kappa shape index (κ2) is 4.25. The van der Waals surface area contributed by atoms with Crippen LogP contribution in [0.2, 0.25) is 0 Å². The quantitative estimate of drug-likeness (QED) is 0.766. The van der Waals surface area contributed by atoms with Gasteiger partial charge in [0.15, 0.2) is 0 Å². The Hall–Kier alpha value is -2.50. The van der Waals surface area contributed by atoms with Crippen LogP contribution in [-0.4, -0.2) is 45.4 Å². The highest BCUT2D eigenvalue weighted by atomic mass is 16.3. The van der Waals surface area contributed by atoms with Crippen molar-refractivity contribution in [2.24, 2.45) is 4.99 Å². The van der Waals surface area contributed by atoms with Crippen LogP contribution in [-0.2, 0) is 0 Å². The Bertz CT molecular complexity index is 764. The minimum Gasteiger partial charge on any atom is -0.493 e. The topological polar surface area (TPSA) is 64.0 Å². The van der Waals surface area contributed by atoms with Crippen molar-refractivity contribution < 1.29 is 5.11 Å². The van der Waals surface area contributed by atoms with Crippen LogP contribution in [0, 0.1) is 0 Å². The first-order valence-electron chi connectivity index (χ1n) is 7.79. The van der Waals surface area contributed by atoms with E-state index < -0.39 is 0 Å². The maximum atomic E-state index is 10.5. The highest BCUT2D eigenvalue weighted by Gasteiger charge is 2.41. The summed E-state index contributed by atoms with van der Waals surface area (Å²) < 4.78 is 0. The molecule has 6 nitrogen and oxygen atoms in total. The molecule has 0 atom stereocenters. The van der Waals surface area contributed by atoms with Crippen LogP contribution in [0.5, 0.6) is 0 Å². The van der Waals surface area contributed by atoms with E-state index in [0.29, 0.717) is 12.6 Å². The van der Waals surface area contributed by atoms with E-state index >= 15 is 0 Å². The summed E-state index contributed by atoms with van der Waals surface area (Å²) in [6, 6.07) is 4.03. The van der Waals surface area contributed by atoms with Crippen molar-refractivity contribution in [3.8, 4) is 0 Å². The third-order valence-electron chi connectivity index (χ3n) is 4.80. The summed E-state index contributed by atoms with van der Waals surface area (Å²) in [5.41, 5.74) is 4.37. The molecule has 5 rings (SSSR count). The van der Waals surface area contributed by atoms with Gasteiger partial charge in [-0.3, -0.25) is 9.89 Å². The Kier molecular flexibility index (Phi) is 2.34. The lowest BCUT2D eigenvalue weighted by Crippen LogP contribution is -2.32. The van der Waals surface area contributed by atoms with Gasteiger partial charge in [-0.15, -0.1) is 0 Å². The molecule has 0 spiro atoms. The van der Waals surface area contributed by atoms with Gasteiger partial charge in [-0.2, -0.15) is 0 Å². The van der Waals surface area contributed by atoms with Crippen molar-refractivity contribution in [2.75, 3.05) is 25.1 Å². The zero-order valence-electron chi connectivity index (χ0n) is 12.2. The van der Waals surface area contributed by atoms with Gasteiger partial charge in [0.2, 0.25) is 5.88 Å². The van der Waals surface area contributed by atoms with Crippen LogP contribution in [0.15, 0.2) is 46.3 Å². The molecular weight excluding hydrogens is 278 g/mol. The minimum absolute atomic E-state index is 0.395. The monoisotopic (exact) mass is 295 g/mol. The number of anilines is 1. The van der Waals surface area contributed by atoms with E-state index in [1.165, 1.54) is 5.57 Å². The number of rotatable bonds is 0. The Balaban J connectivity index is 1.70. The highest BCUT2D eigenvalue weighted by molar-refractivity contribution is 6.16. The predicted octanol–water partition coefficient (Wildman–Crippen LogP) is 2.01. The van der Waals surface area contributed by atoms with Gasteiger partial charge >= 0.3 is 0 Å². The summed E-state index contributed by atoms with van der Waals surface area (Å²) in [5, 5.41) is 13.9. The van der Waals surface area contributed by atoms with Crippen molar-refractivity contribution in [1.82, 2.24) is 14.8 Å². The van der Waals surface area contributed by atoms with Gasteiger partial charge in [-0.25, -0.2) is 4.98 Å². The summed E-state index contributed by atoms with van der Waals surface area (Å²) in [5.74, 6) is 2.43. The van der Waals surface area contributed by atoms with E-state index in [4.69, 9.17) is 4.99 Å². The minimum atomic E-state index is 0.395. The summed E-state index contributed by atoms with van der Waals surface area (Å²) >= 11 is 0. The van der Waals surface area contributed by atoms with E-state index in [9.17, 15) is 5.11 Å². The first-order chi connectivity index (χ1) is 10.8. The molecule has 2 N–H and O–H groups in total. The molecule has 5 heterocycles. The van der Waals surface area contributed by atoms with Crippen LogP contribution in [0.4, 0.5) is 5.82 Å². The van der Waals surface area contributed by atoms with Crippen LogP contribution in [0.1, 0.15) is 24.8 Å². The predicted molar refractivity (Wildman–Crippen MR) is 83.2 cm³/mol. The molecule has 1 fully saturated rings. The molecule has 6 heteroatoms. The molecule has 1 saturated heterocycles. The van der Waals surface area contributed by atoms with Gasteiger partial charge in [0, 0.05) is 30.4 Å². The number of allylic oxidation sites excluding steroid dienone is 1. The van der Waals surface area contributed by atoms with Crippen LogP contribution in [0.3, 0.4) is 0 Å². The van der Waals surface area contributed by atoms with E-state index in [0.717, 1.165) is 61.0 Å². The molecule has 4 aliphatic heterocycles. The summed E-state index contributed by atoms with van der Waals surface area (Å²) in [6.07, 6.45) is 4.75. The standard InChI is InChI=1S/C16H17N5O/c22-16-12-4-2-8-20(12)15-11-5-7-18-14-10(3-1-6-17-14)13(11)19-9-21(15)16/h1,3,6,22H,2,4-5,7-9H2,(H,17,18). The average molecular weight is 295 g/mol. The van der Waals surface area contributed by atoms with Crippen LogP contribution in [0.25, 0.3) is 0 Å². The number of aliphatic hydroxyl groups excluding tert-OH is 1. The number of nitrogens with one attached hydrogen (secondary N) is 1. The number of hydrogen-bond acceptors (Lipinski definition) is 6. The summed E-state index contributed by atoms with van der Waals surface area (Å²) in [4.78, 5) is 13.4. The number of nitrogens with zero attached hydrogens (tertiary/aromatic N) is 4. The molecule has 0 radical (unpaired) electrons. The molecule has 1 aromatic rings. The molecule has 0 unspecified atom stereocenters. The SMILES string of the molecule is OC1=C2CCCN2C2=C3CCNc4ncccc4C3=NCN12. The Morgan fingerprint density at radius 3 is 3.14 bits per heavy atom. The number of aromatic nitrogens is 1. The molecule has 0 saturated carbocycles. The second-order valence-corrected chi connectivity index (χ2v) is 5.98. The lowest BCUT2D eigenvalue weighted by molar-refractivity contribution is 0.237. The summed E-state index contributed by atoms with van der Waals surface area (Å²) in [7, 11) is 0. The van der Waals surface area contributed by atoms with E-state index in [-0.39, 0.29) is 0 Å². The third kappa shape index (κ3) is 1.44. The maximum Gasteiger partial charge on any atom is 0.214 e. The van der Waals surface area contributed by atoms with Gasteiger partial charge in [0.25, 0.3) is 0 Å². The normalized spacial score (nSPS) is 22.6. The van der Waals surface area contributed by atoms with Crippen LogP contribution < -0.4 is 5.32 Å². The number of hydrogen-bond donors (Lipinski definition) is 2. The van der Waals surface area contributed by atoms with Gasteiger partial charge in [0.05, 0.1) is 11.4 Å². The number of fused-ring (bicyclic) bond motifs is 6. The fourth-order valence-electron chi connectivity index (χ4n) is 3.87. The van der Waals surface area contributed by atoms with Crippen molar-refractivity contribution >= 4 is 11.5 Å². The Morgan fingerprint density at radius 2 is 2.18 bits per heavy atom. The van der Waals surface area contributed by atoms with Crippen molar-refractivity contribution in [3.05, 3.63) is 46.9 Å². The van der Waals surface area contributed by atoms with Crippen molar-refractivity contribution in [3.63, 3.8) is 0 Å². The zero-order chi connectivity index (χ0) is 14.7. The molecule has 4 aliphatic rings. The van der Waals surface area contributed by atoms with Gasteiger partial charge in [0.1, 0.15) is 18.3 Å². The summed E-state index contributed by atoms with van der Waals surface area (Å²) in [6.45, 7) is 2.29. The molecule has 0 amide bonds. The largest absolute Gasteiger partial charge is 0.493 e. The number of aliphatic hydroxyl groups is 1. The number of pyridine rings is 1. The molecular formula is C16H17N5O. The molecule has 0 aliphatic carbocycles. The lowest BCUT2D eigenvalue weighted by Gasteiger charge is -2.30. The fraction of sp³-hybridized carbons (Fsp3) is 0.375. The molecule has 0 aromatic carbocycles. The van der Waals surface area contributed by atoms with E-state index in [1.54, 1.807) is 6.20 Å². The van der Waals surface area contributed by atoms with Crippen LogP contribution >= 0.6 is 0 Å². The highest BCUT2D eigenvalue weighted by Crippen LogP contribution is 2.42. The first-order valence-corrected chi connectivity index (χ1v) is 7.79. The zero-order valence-corrected chi connectivity index (χ0v) is 12.2. The Labute approximate surface area is 128 Å². The van der Waals surface area contributed by atoms with Gasteiger partial charge in [-0.1, -0.05) is 0 Å². The van der Waals surface area contributed by atoms with Gasteiger partial charge in [-0.05, 0) is 31.4 Å². The molecule has 22 heavy (non-hydrogen) atoms. The smallest absolute Gasteiger partial charge is 0.214 e. The fourth-order valence-corrected chi connectivity index (χ4v) is 3.87. The third-order valence-corrected chi connectivity index (χ3v) is 4.80. The van der Waals surface area contributed by atoms with Gasteiger partial charge < -0.3 is 15.3 Å².